The lowest BCUT2D eigenvalue weighted by Gasteiger charge is -2.43. The molecule has 1 heteroatoms. The molecule has 0 amide bonds. The zero-order valence-corrected chi connectivity index (χ0v) is 14.7. The monoisotopic (exact) mass is 290 g/mol. The zero-order valence-electron chi connectivity index (χ0n) is 14.7. The molecule has 0 aromatic heterocycles. The maximum Gasteiger partial charge on any atom is 0.0684 e. The molecule has 3 rings (SSSR count). The molecule has 1 nitrogen and oxygen atoms in total. The van der Waals surface area contributed by atoms with Crippen molar-refractivity contribution in [2.75, 3.05) is 0 Å². The van der Waals surface area contributed by atoms with Crippen LogP contribution in [0.5, 0.6) is 0 Å². The van der Waals surface area contributed by atoms with E-state index in [1.54, 1.807) is 5.57 Å². The van der Waals surface area contributed by atoms with Crippen molar-refractivity contribution in [1.29, 1.82) is 0 Å². The van der Waals surface area contributed by atoms with Crippen molar-refractivity contribution in [2.45, 2.75) is 78.7 Å². The van der Waals surface area contributed by atoms with E-state index in [0.29, 0.717) is 11.3 Å². The predicted molar refractivity (Wildman–Crippen MR) is 89.0 cm³/mol. The van der Waals surface area contributed by atoms with Gasteiger partial charge in [-0.2, -0.15) is 0 Å². The molecule has 0 unspecified atom stereocenters. The van der Waals surface area contributed by atoms with Crippen LogP contribution in [-0.2, 0) is 0 Å². The van der Waals surface area contributed by atoms with E-state index >= 15 is 0 Å². The molecule has 21 heavy (non-hydrogen) atoms. The summed E-state index contributed by atoms with van der Waals surface area (Å²) >= 11 is 0. The van der Waals surface area contributed by atoms with Crippen LogP contribution in [0.15, 0.2) is 11.6 Å². The van der Waals surface area contributed by atoms with Crippen LogP contribution < -0.4 is 0 Å². The molecule has 0 aromatic carbocycles. The summed E-state index contributed by atoms with van der Waals surface area (Å²) in [4.78, 5) is 0. The molecule has 0 radical (unpaired) electrons. The first kappa shape index (κ1) is 15.6. The number of hydrogen-bond acceptors (Lipinski definition) is 1. The van der Waals surface area contributed by atoms with E-state index in [2.05, 4.69) is 40.7 Å². The Balaban J connectivity index is 1.98. The zero-order chi connectivity index (χ0) is 15.4. The predicted octanol–water partition coefficient (Wildman–Crippen LogP) is 5.19. The molecule has 6 atom stereocenters. The van der Waals surface area contributed by atoms with Gasteiger partial charge in [0.05, 0.1) is 5.60 Å². The normalized spacial score (nSPS) is 52.8. The molecule has 120 valence electrons. The molecule has 0 spiro atoms. The van der Waals surface area contributed by atoms with Crippen molar-refractivity contribution in [3.63, 3.8) is 0 Å². The topological polar surface area (TPSA) is 20.2 Å². The Labute approximate surface area is 131 Å². The molecule has 1 N–H and O–H groups in total. The Morgan fingerprint density at radius 1 is 1.19 bits per heavy atom. The Morgan fingerprint density at radius 2 is 1.90 bits per heavy atom. The maximum atomic E-state index is 11.1. The Kier molecular flexibility index (Phi) is 3.80. The summed E-state index contributed by atoms with van der Waals surface area (Å²) in [5.41, 5.74) is 1.61. The van der Waals surface area contributed by atoms with Crippen LogP contribution in [0.3, 0.4) is 0 Å². The fourth-order valence-electron chi connectivity index (χ4n) is 5.90. The number of allylic oxidation sites excluding steroid dienone is 1. The van der Waals surface area contributed by atoms with Gasteiger partial charge in [-0.15, -0.1) is 0 Å². The van der Waals surface area contributed by atoms with E-state index in [0.717, 1.165) is 30.1 Å². The van der Waals surface area contributed by atoms with E-state index in [1.165, 1.54) is 32.1 Å². The summed E-state index contributed by atoms with van der Waals surface area (Å²) in [6.07, 6.45) is 9.89. The maximum absolute atomic E-state index is 11.1. The second-order valence-corrected chi connectivity index (χ2v) is 9.20. The van der Waals surface area contributed by atoms with E-state index in [-0.39, 0.29) is 0 Å². The number of rotatable bonds is 1. The highest BCUT2D eigenvalue weighted by atomic mass is 16.3. The van der Waals surface area contributed by atoms with E-state index in [9.17, 15) is 5.11 Å². The largest absolute Gasteiger partial charge is 0.390 e. The van der Waals surface area contributed by atoms with Gasteiger partial charge >= 0.3 is 0 Å². The van der Waals surface area contributed by atoms with Crippen molar-refractivity contribution in [3.05, 3.63) is 11.6 Å². The fraction of sp³-hybridized carbons (Fsp3) is 0.900. The van der Waals surface area contributed by atoms with Gasteiger partial charge < -0.3 is 5.11 Å². The van der Waals surface area contributed by atoms with Crippen LogP contribution in [0, 0.1) is 35.0 Å². The van der Waals surface area contributed by atoms with Gasteiger partial charge in [-0.1, -0.05) is 45.8 Å². The van der Waals surface area contributed by atoms with Crippen molar-refractivity contribution >= 4 is 0 Å². The van der Waals surface area contributed by atoms with E-state index < -0.39 is 5.60 Å². The standard InChI is InChI=1S/C20H34O/c1-13(2)15-8-10-19(4)12-16-14(3)6-7-18(16)20(5,21)11-9-17(15)19/h9,13-16,18,21H,6-8,10-12H2,1-5H3/b17-9-/t14-,15-,16-,18-,19-,20+/m1/s1. The highest BCUT2D eigenvalue weighted by molar-refractivity contribution is 5.25. The third-order valence-corrected chi connectivity index (χ3v) is 7.31. The van der Waals surface area contributed by atoms with Crippen molar-refractivity contribution in [3.8, 4) is 0 Å². The molecule has 0 aromatic rings. The van der Waals surface area contributed by atoms with Gasteiger partial charge in [0.2, 0.25) is 0 Å². The van der Waals surface area contributed by atoms with Crippen LogP contribution in [0.1, 0.15) is 73.1 Å². The Morgan fingerprint density at radius 3 is 2.57 bits per heavy atom. The highest BCUT2D eigenvalue weighted by Crippen LogP contribution is 2.58. The molecule has 0 bridgehead atoms. The van der Waals surface area contributed by atoms with Gasteiger partial charge in [-0.05, 0) is 74.0 Å². The van der Waals surface area contributed by atoms with Crippen LogP contribution in [0.2, 0.25) is 0 Å². The average Bonchev–Trinajstić information content (AvgIpc) is 2.89. The van der Waals surface area contributed by atoms with Gasteiger partial charge in [0.1, 0.15) is 0 Å². The van der Waals surface area contributed by atoms with Gasteiger partial charge in [0, 0.05) is 0 Å². The minimum atomic E-state index is -0.492. The summed E-state index contributed by atoms with van der Waals surface area (Å²) in [5.74, 6) is 3.51. The molecule has 0 saturated heterocycles. The molecular weight excluding hydrogens is 256 g/mol. The van der Waals surface area contributed by atoms with Crippen molar-refractivity contribution < 1.29 is 5.11 Å². The minimum Gasteiger partial charge on any atom is -0.390 e. The lowest BCUT2D eigenvalue weighted by Crippen LogP contribution is -2.41. The van der Waals surface area contributed by atoms with Crippen LogP contribution in [-0.4, -0.2) is 10.7 Å². The van der Waals surface area contributed by atoms with E-state index in [4.69, 9.17) is 0 Å². The summed E-state index contributed by atoms with van der Waals surface area (Å²) in [5, 5.41) is 11.1. The third kappa shape index (κ3) is 2.50. The van der Waals surface area contributed by atoms with Gasteiger partial charge in [-0.3, -0.25) is 0 Å². The molecule has 3 aliphatic carbocycles. The van der Waals surface area contributed by atoms with Crippen LogP contribution in [0.4, 0.5) is 0 Å². The van der Waals surface area contributed by atoms with Crippen LogP contribution in [0.25, 0.3) is 0 Å². The lowest BCUT2D eigenvalue weighted by atomic mass is 9.64. The summed E-state index contributed by atoms with van der Waals surface area (Å²) in [6.45, 7) is 11.8. The smallest absolute Gasteiger partial charge is 0.0684 e. The highest BCUT2D eigenvalue weighted by Gasteiger charge is 2.51. The summed E-state index contributed by atoms with van der Waals surface area (Å²) in [7, 11) is 0. The van der Waals surface area contributed by atoms with E-state index in [1.807, 2.05) is 0 Å². The van der Waals surface area contributed by atoms with Crippen molar-refractivity contribution in [2.24, 2.45) is 35.0 Å². The number of fused-ring (bicyclic) bond motifs is 2. The number of hydrogen-bond donors (Lipinski definition) is 1. The Bertz CT molecular complexity index is 433. The minimum absolute atomic E-state index is 0.410. The summed E-state index contributed by atoms with van der Waals surface area (Å²) < 4.78 is 0. The summed E-state index contributed by atoms with van der Waals surface area (Å²) in [6, 6.07) is 0. The second-order valence-electron chi connectivity index (χ2n) is 9.20. The average molecular weight is 290 g/mol. The lowest BCUT2D eigenvalue weighted by molar-refractivity contribution is -0.0293. The van der Waals surface area contributed by atoms with Gasteiger partial charge in [-0.25, -0.2) is 0 Å². The SMILES string of the molecule is CC(C)[C@H]1CC[C@]2(C)C[C@@H]3[C@H](C)CC[C@H]3[C@@](C)(O)C/C=C/12. The molecule has 0 heterocycles. The molecule has 3 aliphatic rings. The molecular formula is C20H34O. The van der Waals surface area contributed by atoms with Gasteiger partial charge in [0.25, 0.3) is 0 Å². The Hall–Kier alpha value is -0.300. The first-order valence-corrected chi connectivity index (χ1v) is 9.17. The fourth-order valence-corrected chi connectivity index (χ4v) is 5.90. The molecule has 0 aliphatic heterocycles. The first-order chi connectivity index (χ1) is 9.74. The first-order valence-electron chi connectivity index (χ1n) is 9.17. The number of aliphatic hydroxyl groups is 1. The van der Waals surface area contributed by atoms with Gasteiger partial charge in [0.15, 0.2) is 0 Å². The second kappa shape index (κ2) is 5.11. The quantitative estimate of drug-likeness (QED) is 0.659. The molecule has 2 fully saturated rings. The van der Waals surface area contributed by atoms with Crippen molar-refractivity contribution in [1.82, 2.24) is 0 Å². The third-order valence-electron chi connectivity index (χ3n) is 7.31. The molecule has 2 saturated carbocycles. The van der Waals surface area contributed by atoms with Crippen LogP contribution >= 0.6 is 0 Å².